The van der Waals surface area contributed by atoms with Crippen molar-refractivity contribution >= 4 is 0 Å². The molecule has 0 aromatic heterocycles. The summed E-state index contributed by atoms with van der Waals surface area (Å²) >= 11 is 0. The van der Waals surface area contributed by atoms with E-state index >= 15 is 0 Å². The Morgan fingerprint density at radius 1 is 1.19 bits per heavy atom. The van der Waals surface area contributed by atoms with Gasteiger partial charge in [-0.3, -0.25) is 0 Å². The van der Waals surface area contributed by atoms with Crippen LogP contribution in [0.4, 0.5) is 0 Å². The monoisotopic (exact) mass is 230 g/mol. The summed E-state index contributed by atoms with van der Waals surface area (Å²) in [5.74, 6) is 0.575. The molecule has 0 aliphatic heterocycles. The Bertz CT molecular complexity index is 166. The summed E-state index contributed by atoms with van der Waals surface area (Å²) in [7, 11) is 0. The number of ether oxygens (including phenoxy) is 1. The highest BCUT2D eigenvalue weighted by molar-refractivity contribution is 4.71. The van der Waals surface area contributed by atoms with Crippen LogP contribution >= 0.6 is 0 Å². The maximum absolute atomic E-state index is 9.36. The molecule has 0 spiro atoms. The van der Waals surface area contributed by atoms with Gasteiger partial charge in [-0.25, -0.2) is 0 Å². The molecule has 0 fully saturated rings. The Morgan fingerprint density at radius 2 is 1.81 bits per heavy atom. The predicted molar refractivity (Wildman–Crippen MR) is 69.6 cm³/mol. The van der Waals surface area contributed by atoms with E-state index in [0.717, 1.165) is 13.0 Å². The van der Waals surface area contributed by atoms with Crippen molar-refractivity contribution in [1.82, 2.24) is 0 Å². The summed E-state index contributed by atoms with van der Waals surface area (Å²) in [6, 6.07) is 0. The fourth-order valence-corrected chi connectivity index (χ4v) is 2.30. The van der Waals surface area contributed by atoms with E-state index in [4.69, 9.17) is 4.74 Å². The van der Waals surface area contributed by atoms with Crippen molar-refractivity contribution in [1.29, 1.82) is 0 Å². The molecule has 2 atom stereocenters. The largest absolute Gasteiger partial charge is 0.391 e. The number of hydrogen-bond donors (Lipinski definition) is 1. The van der Waals surface area contributed by atoms with Gasteiger partial charge in [0, 0.05) is 6.61 Å². The minimum atomic E-state index is -0.296. The van der Waals surface area contributed by atoms with Gasteiger partial charge in [-0.2, -0.15) is 0 Å². The molecule has 0 saturated carbocycles. The highest BCUT2D eigenvalue weighted by Crippen LogP contribution is 2.30. The zero-order valence-corrected chi connectivity index (χ0v) is 11.8. The predicted octanol–water partition coefficient (Wildman–Crippen LogP) is 3.63. The molecule has 0 heterocycles. The lowest BCUT2D eigenvalue weighted by Crippen LogP contribution is -2.21. The van der Waals surface area contributed by atoms with E-state index in [1.165, 1.54) is 19.3 Å². The molecule has 0 amide bonds. The molecule has 98 valence electrons. The van der Waals surface area contributed by atoms with Crippen molar-refractivity contribution in [2.24, 2.45) is 11.3 Å². The van der Waals surface area contributed by atoms with Crippen molar-refractivity contribution in [3.63, 3.8) is 0 Å². The Balaban J connectivity index is 3.69. The van der Waals surface area contributed by atoms with Gasteiger partial charge in [0.05, 0.1) is 12.7 Å². The van der Waals surface area contributed by atoms with Crippen LogP contribution in [0.3, 0.4) is 0 Å². The second-order valence-corrected chi connectivity index (χ2v) is 5.82. The molecule has 0 radical (unpaired) electrons. The first-order valence-corrected chi connectivity index (χ1v) is 6.67. The van der Waals surface area contributed by atoms with E-state index in [-0.39, 0.29) is 6.10 Å². The molecule has 0 aromatic rings. The van der Waals surface area contributed by atoms with E-state index in [9.17, 15) is 5.11 Å². The third-order valence-corrected chi connectivity index (χ3v) is 3.01. The summed E-state index contributed by atoms with van der Waals surface area (Å²) in [6.45, 7) is 12.3. The summed E-state index contributed by atoms with van der Waals surface area (Å²) in [4.78, 5) is 0. The zero-order chi connectivity index (χ0) is 12.6. The molecule has 0 aromatic carbocycles. The van der Waals surface area contributed by atoms with Crippen LogP contribution in [0.5, 0.6) is 0 Å². The van der Waals surface area contributed by atoms with Crippen LogP contribution in [0, 0.1) is 11.3 Å². The quantitative estimate of drug-likeness (QED) is 0.655. The van der Waals surface area contributed by atoms with Crippen molar-refractivity contribution in [3.8, 4) is 0 Å². The van der Waals surface area contributed by atoms with Crippen LogP contribution in [0.25, 0.3) is 0 Å². The lowest BCUT2D eigenvalue weighted by atomic mass is 9.80. The lowest BCUT2D eigenvalue weighted by Gasteiger charge is -2.27. The first kappa shape index (κ1) is 15.9. The van der Waals surface area contributed by atoms with Gasteiger partial charge in [0.2, 0.25) is 0 Å². The molecule has 0 bridgehead atoms. The number of rotatable bonds is 9. The molecule has 1 N–H and O–H groups in total. The molecule has 2 heteroatoms. The van der Waals surface area contributed by atoms with Crippen LogP contribution in [0.2, 0.25) is 0 Å². The molecule has 0 saturated heterocycles. The fraction of sp³-hybridized carbons (Fsp3) is 1.00. The minimum absolute atomic E-state index is 0.296. The first-order chi connectivity index (χ1) is 7.41. The van der Waals surface area contributed by atoms with E-state index in [1.807, 2.05) is 6.92 Å². The molecule has 2 unspecified atom stereocenters. The number of aliphatic hydroxyl groups excluding tert-OH is 1. The molecule has 0 rings (SSSR count). The van der Waals surface area contributed by atoms with Crippen LogP contribution in [-0.4, -0.2) is 24.4 Å². The van der Waals surface area contributed by atoms with E-state index in [0.29, 0.717) is 17.9 Å². The van der Waals surface area contributed by atoms with Crippen molar-refractivity contribution in [3.05, 3.63) is 0 Å². The fourth-order valence-electron chi connectivity index (χ4n) is 2.30. The summed E-state index contributed by atoms with van der Waals surface area (Å²) in [6.07, 6.45) is 4.19. The van der Waals surface area contributed by atoms with Gasteiger partial charge < -0.3 is 9.84 Å². The van der Waals surface area contributed by atoms with Crippen LogP contribution in [0.1, 0.15) is 60.3 Å². The van der Waals surface area contributed by atoms with Gasteiger partial charge in [-0.1, -0.05) is 41.0 Å². The van der Waals surface area contributed by atoms with Gasteiger partial charge in [-0.05, 0) is 30.6 Å². The smallest absolute Gasteiger partial charge is 0.0771 e. The minimum Gasteiger partial charge on any atom is -0.391 e. The second-order valence-electron chi connectivity index (χ2n) is 5.82. The number of hydrogen-bond acceptors (Lipinski definition) is 2. The Morgan fingerprint density at radius 3 is 2.31 bits per heavy atom. The van der Waals surface area contributed by atoms with Crippen LogP contribution in [-0.2, 0) is 4.74 Å². The van der Waals surface area contributed by atoms with Crippen molar-refractivity contribution in [2.45, 2.75) is 66.4 Å². The second kappa shape index (κ2) is 8.08. The molecule has 0 aliphatic carbocycles. The van der Waals surface area contributed by atoms with E-state index in [2.05, 4.69) is 27.7 Å². The highest BCUT2D eigenvalue weighted by atomic mass is 16.5. The number of aliphatic hydroxyl groups is 1. The summed E-state index contributed by atoms with van der Waals surface area (Å²) in [5.41, 5.74) is 0.418. The Kier molecular flexibility index (Phi) is 8.04. The van der Waals surface area contributed by atoms with Crippen molar-refractivity contribution < 1.29 is 9.84 Å². The maximum Gasteiger partial charge on any atom is 0.0771 e. The average Bonchev–Trinajstić information content (AvgIpc) is 2.16. The SMILES string of the molecule is CCCC(C)(C)CC(C)COCC(O)CC. The standard InChI is InChI=1S/C14H30O2/c1-6-8-14(4,5)9-12(3)10-16-11-13(15)7-2/h12-13,15H,6-11H2,1-5H3. The van der Waals surface area contributed by atoms with Crippen LogP contribution < -0.4 is 0 Å². The molecule has 0 aliphatic rings. The van der Waals surface area contributed by atoms with Gasteiger partial charge in [0.25, 0.3) is 0 Å². The molecule has 2 nitrogen and oxygen atoms in total. The third kappa shape index (κ3) is 8.12. The molecular weight excluding hydrogens is 200 g/mol. The summed E-state index contributed by atoms with van der Waals surface area (Å²) < 4.78 is 5.52. The van der Waals surface area contributed by atoms with Gasteiger partial charge in [-0.15, -0.1) is 0 Å². The Labute approximate surface area is 101 Å². The van der Waals surface area contributed by atoms with Crippen LogP contribution in [0.15, 0.2) is 0 Å². The van der Waals surface area contributed by atoms with Gasteiger partial charge >= 0.3 is 0 Å². The Hall–Kier alpha value is -0.0800. The van der Waals surface area contributed by atoms with Gasteiger partial charge in [0.1, 0.15) is 0 Å². The normalized spacial score (nSPS) is 16.1. The van der Waals surface area contributed by atoms with Gasteiger partial charge in [0.15, 0.2) is 0 Å². The third-order valence-electron chi connectivity index (χ3n) is 3.01. The maximum atomic E-state index is 9.36. The highest BCUT2D eigenvalue weighted by Gasteiger charge is 2.20. The molecular formula is C14H30O2. The lowest BCUT2D eigenvalue weighted by molar-refractivity contribution is 0.0155. The average molecular weight is 230 g/mol. The first-order valence-electron chi connectivity index (χ1n) is 6.67. The zero-order valence-electron chi connectivity index (χ0n) is 11.8. The van der Waals surface area contributed by atoms with E-state index < -0.39 is 0 Å². The topological polar surface area (TPSA) is 29.5 Å². The van der Waals surface area contributed by atoms with Crippen molar-refractivity contribution in [2.75, 3.05) is 13.2 Å². The summed E-state index contributed by atoms with van der Waals surface area (Å²) in [5, 5.41) is 9.36. The van der Waals surface area contributed by atoms with E-state index in [1.54, 1.807) is 0 Å². The molecule has 16 heavy (non-hydrogen) atoms.